The first kappa shape index (κ1) is 13.8. The van der Waals surface area contributed by atoms with Gasteiger partial charge in [-0.1, -0.05) is 6.07 Å². The Morgan fingerprint density at radius 3 is 3.05 bits per heavy atom. The van der Waals surface area contributed by atoms with E-state index in [1.807, 2.05) is 6.07 Å². The Bertz CT molecular complexity index is 466. The van der Waals surface area contributed by atoms with Gasteiger partial charge in [0.2, 0.25) is 5.88 Å². The summed E-state index contributed by atoms with van der Waals surface area (Å²) in [7, 11) is 6.00. The molecule has 2 aliphatic rings. The SMILES string of the molecule is COc1ncccc1CN1C[C@@H](N(C)C)[C@H]2COC[C@H]21. The maximum absolute atomic E-state index is 5.70. The number of hydrogen-bond donors (Lipinski definition) is 0. The molecule has 0 saturated carbocycles. The second-order valence-corrected chi connectivity index (χ2v) is 5.90. The molecule has 5 nitrogen and oxygen atoms in total. The van der Waals surface area contributed by atoms with Crippen molar-refractivity contribution in [3.63, 3.8) is 0 Å². The number of methoxy groups -OCH3 is 1. The molecule has 2 fully saturated rings. The molecule has 0 bridgehead atoms. The molecule has 1 aromatic rings. The van der Waals surface area contributed by atoms with Gasteiger partial charge in [0.05, 0.1) is 20.3 Å². The third kappa shape index (κ3) is 2.41. The molecule has 0 amide bonds. The zero-order chi connectivity index (χ0) is 14.1. The van der Waals surface area contributed by atoms with Gasteiger partial charge in [-0.25, -0.2) is 4.98 Å². The van der Waals surface area contributed by atoms with Gasteiger partial charge >= 0.3 is 0 Å². The number of rotatable bonds is 4. The lowest BCUT2D eigenvalue weighted by atomic mass is 9.99. The van der Waals surface area contributed by atoms with E-state index < -0.39 is 0 Å². The van der Waals surface area contributed by atoms with Crippen LogP contribution in [0.2, 0.25) is 0 Å². The molecular formula is C15H23N3O2. The number of aromatic nitrogens is 1. The van der Waals surface area contributed by atoms with Crippen LogP contribution in [0.5, 0.6) is 5.88 Å². The van der Waals surface area contributed by atoms with Crippen LogP contribution in [0.4, 0.5) is 0 Å². The van der Waals surface area contributed by atoms with Gasteiger partial charge < -0.3 is 14.4 Å². The standard InChI is InChI=1S/C15H23N3O2/c1-17(2)13-8-18(14-10-20-9-12(13)14)7-11-5-4-6-16-15(11)19-3/h4-6,12-14H,7-10H2,1-3H3/t12-,13-,14-/m1/s1. The third-order valence-corrected chi connectivity index (χ3v) is 4.56. The Kier molecular flexibility index (Phi) is 3.92. The lowest BCUT2D eigenvalue weighted by Crippen LogP contribution is -2.36. The monoisotopic (exact) mass is 277 g/mol. The zero-order valence-corrected chi connectivity index (χ0v) is 12.5. The maximum atomic E-state index is 5.70. The van der Waals surface area contributed by atoms with Gasteiger partial charge in [-0.2, -0.15) is 0 Å². The minimum Gasteiger partial charge on any atom is -0.481 e. The van der Waals surface area contributed by atoms with Gasteiger partial charge in [-0.15, -0.1) is 0 Å². The molecule has 0 N–H and O–H groups in total. The summed E-state index contributed by atoms with van der Waals surface area (Å²) in [5.74, 6) is 1.35. The number of likely N-dealkylation sites (N-methyl/N-ethyl adjacent to an activating group) is 1. The average molecular weight is 277 g/mol. The van der Waals surface area contributed by atoms with Gasteiger partial charge in [0.15, 0.2) is 0 Å². The van der Waals surface area contributed by atoms with E-state index in [0.29, 0.717) is 18.0 Å². The largest absolute Gasteiger partial charge is 0.481 e. The first-order valence-electron chi connectivity index (χ1n) is 7.17. The Hall–Kier alpha value is -1.17. The van der Waals surface area contributed by atoms with Gasteiger partial charge in [0.25, 0.3) is 0 Å². The summed E-state index contributed by atoms with van der Waals surface area (Å²) in [5, 5.41) is 0. The van der Waals surface area contributed by atoms with E-state index in [1.165, 1.54) is 0 Å². The van der Waals surface area contributed by atoms with Crippen molar-refractivity contribution < 1.29 is 9.47 Å². The Morgan fingerprint density at radius 1 is 1.45 bits per heavy atom. The predicted molar refractivity (Wildman–Crippen MR) is 76.8 cm³/mol. The summed E-state index contributed by atoms with van der Waals surface area (Å²) >= 11 is 0. The zero-order valence-electron chi connectivity index (χ0n) is 12.5. The predicted octanol–water partition coefficient (Wildman–Crippen LogP) is 0.851. The average Bonchev–Trinajstić information content (AvgIpc) is 3.03. The lowest BCUT2D eigenvalue weighted by molar-refractivity contribution is 0.123. The molecule has 3 atom stereocenters. The van der Waals surface area contributed by atoms with E-state index in [0.717, 1.165) is 37.7 Å². The summed E-state index contributed by atoms with van der Waals surface area (Å²) in [6.07, 6.45) is 1.77. The lowest BCUT2D eigenvalue weighted by Gasteiger charge is -2.24. The molecule has 3 rings (SSSR count). The fourth-order valence-electron chi connectivity index (χ4n) is 3.49. The van der Waals surface area contributed by atoms with E-state index in [2.05, 4.69) is 34.9 Å². The Morgan fingerprint density at radius 2 is 2.30 bits per heavy atom. The summed E-state index contributed by atoms with van der Waals surface area (Å²) < 4.78 is 11.1. The van der Waals surface area contributed by atoms with Crippen LogP contribution in [-0.2, 0) is 11.3 Å². The minimum atomic E-state index is 0.521. The van der Waals surface area contributed by atoms with E-state index in [9.17, 15) is 0 Å². The van der Waals surface area contributed by atoms with Gasteiger partial charge in [-0.05, 0) is 20.2 Å². The van der Waals surface area contributed by atoms with Crippen LogP contribution >= 0.6 is 0 Å². The number of pyridine rings is 1. The van der Waals surface area contributed by atoms with E-state index in [4.69, 9.17) is 9.47 Å². The van der Waals surface area contributed by atoms with Crippen LogP contribution in [0, 0.1) is 5.92 Å². The molecule has 0 radical (unpaired) electrons. The fraction of sp³-hybridized carbons (Fsp3) is 0.667. The number of likely N-dealkylation sites (tertiary alicyclic amines) is 1. The Labute approximate surface area is 120 Å². The van der Waals surface area contributed by atoms with E-state index in [-0.39, 0.29) is 0 Å². The second-order valence-electron chi connectivity index (χ2n) is 5.90. The van der Waals surface area contributed by atoms with Gasteiger partial charge in [0.1, 0.15) is 0 Å². The second kappa shape index (κ2) is 5.68. The van der Waals surface area contributed by atoms with Crippen molar-refractivity contribution in [2.75, 3.05) is 41.0 Å². The van der Waals surface area contributed by atoms with Crippen molar-refractivity contribution in [1.82, 2.24) is 14.8 Å². The number of fused-ring (bicyclic) bond motifs is 1. The van der Waals surface area contributed by atoms with Gasteiger partial charge in [0, 0.05) is 42.9 Å². The van der Waals surface area contributed by atoms with Crippen LogP contribution in [0.15, 0.2) is 18.3 Å². The maximum Gasteiger partial charge on any atom is 0.217 e. The van der Waals surface area contributed by atoms with Gasteiger partial charge in [-0.3, -0.25) is 4.90 Å². The molecule has 3 heterocycles. The van der Waals surface area contributed by atoms with Crippen molar-refractivity contribution in [3.05, 3.63) is 23.9 Å². The smallest absolute Gasteiger partial charge is 0.217 e. The summed E-state index contributed by atoms with van der Waals surface area (Å²) in [5.41, 5.74) is 1.15. The summed E-state index contributed by atoms with van der Waals surface area (Å²) in [6.45, 7) is 3.70. The highest BCUT2D eigenvalue weighted by Crippen LogP contribution is 2.34. The Balaban J connectivity index is 1.77. The molecule has 1 aromatic heterocycles. The van der Waals surface area contributed by atoms with Crippen molar-refractivity contribution in [2.24, 2.45) is 5.92 Å². The molecule has 0 aromatic carbocycles. The normalized spacial score (nSPS) is 29.9. The molecule has 110 valence electrons. The molecule has 20 heavy (non-hydrogen) atoms. The van der Waals surface area contributed by atoms with Crippen LogP contribution in [0.1, 0.15) is 5.56 Å². The molecule has 2 saturated heterocycles. The number of ether oxygens (including phenoxy) is 2. The highest BCUT2D eigenvalue weighted by atomic mass is 16.5. The molecular weight excluding hydrogens is 254 g/mol. The fourth-order valence-corrected chi connectivity index (χ4v) is 3.49. The van der Waals surface area contributed by atoms with Crippen molar-refractivity contribution >= 4 is 0 Å². The third-order valence-electron chi connectivity index (χ3n) is 4.56. The van der Waals surface area contributed by atoms with E-state index in [1.54, 1.807) is 13.3 Å². The highest BCUT2D eigenvalue weighted by Gasteiger charge is 2.46. The number of hydrogen-bond acceptors (Lipinski definition) is 5. The molecule has 0 spiro atoms. The summed E-state index contributed by atoms with van der Waals surface area (Å²) in [6, 6.07) is 5.16. The van der Waals surface area contributed by atoms with Crippen LogP contribution in [0.3, 0.4) is 0 Å². The van der Waals surface area contributed by atoms with Crippen molar-refractivity contribution in [2.45, 2.75) is 18.6 Å². The summed E-state index contributed by atoms with van der Waals surface area (Å²) in [4.78, 5) is 9.13. The molecule has 0 unspecified atom stereocenters. The van der Waals surface area contributed by atoms with Crippen LogP contribution in [0.25, 0.3) is 0 Å². The first-order valence-corrected chi connectivity index (χ1v) is 7.17. The molecule has 2 aliphatic heterocycles. The van der Waals surface area contributed by atoms with Crippen molar-refractivity contribution in [3.8, 4) is 5.88 Å². The molecule has 0 aliphatic carbocycles. The topological polar surface area (TPSA) is 37.8 Å². The van der Waals surface area contributed by atoms with E-state index >= 15 is 0 Å². The first-order chi connectivity index (χ1) is 9.70. The molecule has 5 heteroatoms. The minimum absolute atomic E-state index is 0.521. The number of nitrogens with zero attached hydrogens (tertiary/aromatic N) is 3. The van der Waals surface area contributed by atoms with Crippen molar-refractivity contribution in [1.29, 1.82) is 0 Å². The van der Waals surface area contributed by atoms with Crippen LogP contribution < -0.4 is 4.74 Å². The van der Waals surface area contributed by atoms with Crippen LogP contribution in [-0.4, -0.2) is 67.8 Å². The highest BCUT2D eigenvalue weighted by molar-refractivity contribution is 5.25. The quantitative estimate of drug-likeness (QED) is 0.816.